The van der Waals surface area contributed by atoms with Crippen LogP contribution in [0.25, 0.3) is 21.5 Å². The Balaban J connectivity index is 0.000000201. The summed E-state index contributed by atoms with van der Waals surface area (Å²) in [5, 5.41) is 66.7. The molecular formula is C48H38FeN6O6. The summed E-state index contributed by atoms with van der Waals surface area (Å²) in [5.74, 6) is -1.52. The van der Waals surface area contributed by atoms with Gasteiger partial charge in [0.15, 0.2) is 11.5 Å². The number of carbonyl (C=O) groups excluding carboxylic acids is 2. The van der Waals surface area contributed by atoms with Crippen molar-refractivity contribution in [3.8, 4) is 23.0 Å². The van der Waals surface area contributed by atoms with E-state index in [1.54, 1.807) is 72.8 Å². The number of fused-ring (bicyclic) bond motifs is 2. The van der Waals surface area contributed by atoms with Gasteiger partial charge in [0.1, 0.15) is 34.2 Å². The molecule has 0 fully saturated rings. The topological polar surface area (TPSA) is 189 Å². The average molecular weight is 851 g/mol. The van der Waals surface area contributed by atoms with E-state index in [1.165, 1.54) is 12.1 Å². The fourth-order valence-electron chi connectivity index (χ4n) is 6.26. The van der Waals surface area contributed by atoms with E-state index >= 15 is 0 Å². The second-order valence-corrected chi connectivity index (χ2v) is 13.7. The van der Waals surface area contributed by atoms with Gasteiger partial charge in [-0.1, -0.05) is 97.1 Å². The van der Waals surface area contributed by atoms with Gasteiger partial charge in [0.25, 0.3) is 11.8 Å². The molecule has 8 aromatic carbocycles. The van der Waals surface area contributed by atoms with Crippen molar-refractivity contribution < 1.29 is 47.1 Å². The number of amides is 2. The van der Waals surface area contributed by atoms with Crippen LogP contribution in [0.15, 0.2) is 178 Å². The van der Waals surface area contributed by atoms with Crippen LogP contribution >= 0.6 is 0 Å². The Morgan fingerprint density at radius 2 is 0.803 bits per heavy atom. The summed E-state index contributed by atoms with van der Waals surface area (Å²) in [5.41, 5.74) is 4.08. The second kappa shape index (κ2) is 19.3. The number of hydrogen-bond acceptors (Lipinski definition) is 10. The van der Waals surface area contributed by atoms with Crippen LogP contribution in [0.5, 0.6) is 23.0 Å². The molecule has 0 bridgehead atoms. The summed E-state index contributed by atoms with van der Waals surface area (Å²) in [6, 6.07) is 45.7. The summed E-state index contributed by atoms with van der Waals surface area (Å²) in [4.78, 5) is 25.6. The van der Waals surface area contributed by atoms with Crippen molar-refractivity contribution in [2.75, 3.05) is 10.6 Å². The van der Waals surface area contributed by atoms with E-state index in [0.717, 1.165) is 21.9 Å². The van der Waals surface area contributed by atoms with E-state index in [4.69, 9.17) is 0 Å². The monoisotopic (exact) mass is 850 g/mol. The van der Waals surface area contributed by atoms with Crippen LogP contribution < -0.4 is 10.6 Å². The summed E-state index contributed by atoms with van der Waals surface area (Å²) < 4.78 is 0. The van der Waals surface area contributed by atoms with Gasteiger partial charge in [-0.15, -0.1) is 20.5 Å². The first-order valence-electron chi connectivity index (χ1n) is 18.7. The number of hydrogen-bond donors (Lipinski definition) is 6. The molecule has 13 heteroatoms. The Morgan fingerprint density at radius 1 is 0.443 bits per heavy atom. The molecule has 0 spiro atoms. The van der Waals surface area contributed by atoms with Gasteiger partial charge in [0.2, 0.25) is 0 Å². The van der Waals surface area contributed by atoms with Gasteiger partial charge in [-0.3, -0.25) is 9.59 Å². The summed E-state index contributed by atoms with van der Waals surface area (Å²) in [7, 11) is 0. The van der Waals surface area contributed by atoms with E-state index in [-0.39, 0.29) is 73.9 Å². The van der Waals surface area contributed by atoms with Crippen molar-refractivity contribution in [2.45, 2.75) is 13.8 Å². The number of carbonyl (C=O) groups is 2. The predicted molar refractivity (Wildman–Crippen MR) is 234 cm³/mol. The largest absolute Gasteiger partial charge is 0.506 e. The van der Waals surface area contributed by atoms with Gasteiger partial charge < -0.3 is 31.1 Å². The summed E-state index contributed by atoms with van der Waals surface area (Å²) >= 11 is 0. The molecule has 304 valence electrons. The maximum Gasteiger partial charge on any atom is 0.259 e. The normalized spacial score (nSPS) is 10.9. The molecule has 8 aromatic rings. The van der Waals surface area contributed by atoms with Crippen LogP contribution in [0.1, 0.15) is 31.8 Å². The molecule has 0 aliphatic heterocycles. The SMILES string of the molecule is Cc1ccc(O)c(N=Nc2c(O)c(C(=O)Nc3ccccc3)cc3ccccc23)c1.Cc1ccc(O)c(N=Nc2c(O)c(C(=O)Nc3ccccc3)cc3ccccc23)c1.[Fe]. The summed E-state index contributed by atoms with van der Waals surface area (Å²) in [6.45, 7) is 3.75. The molecular weight excluding hydrogens is 812 g/mol. The number of nitrogens with zero attached hydrogens (tertiary/aromatic N) is 4. The Bertz CT molecular complexity index is 2740. The van der Waals surface area contributed by atoms with Crippen LogP contribution in [0.3, 0.4) is 0 Å². The second-order valence-electron chi connectivity index (χ2n) is 13.7. The van der Waals surface area contributed by atoms with Crippen LogP contribution in [-0.4, -0.2) is 32.2 Å². The standard InChI is InChI=1S/2C24H19N3O3.Fe/c2*1-15-11-12-21(28)20(13-15)26-27-22-18-10-6-5-7-16(18)14-19(23(22)29)24(30)25-17-8-3-2-4-9-17;/h2*2-14,28-29H,1H3,(H,25,30);. The molecule has 0 saturated carbocycles. The molecule has 0 radical (unpaired) electrons. The number of azo groups is 2. The van der Waals surface area contributed by atoms with E-state index in [1.807, 2.05) is 86.6 Å². The molecule has 61 heavy (non-hydrogen) atoms. The Labute approximate surface area is 361 Å². The Kier molecular flexibility index (Phi) is 13.5. The van der Waals surface area contributed by atoms with Crippen molar-refractivity contribution >= 4 is 67.5 Å². The number of anilines is 2. The zero-order valence-corrected chi connectivity index (χ0v) is 33.9. The quantitative estimate of drug-likeness (QED) is 0.0651. The van der Waals surface area contributed by atoms with E-state index < -0.39 is 11.8 Å². The molecule has 2 amide bonds. The van der Waals surface area contributed by atoms with E-state index in [9.17, 15) is 30.0 Å². The summed E-state index contributed by atoms with van der Waals surface area (Å²) in [6.07, 6.45) is 0. The van der Waals surface area contributed by atoms with Crippen LogP contribution in [0.2, 0.25) is 0 Å². The first kappa shape index (κ1) is 42.7. The van der Waals surface area contributed by atoms with Gasteiger partial charge in [0.05, 0.1) is 11.1 Å². The molecule has 0 heterocycles. The molecule has 12 nitrogen and oxygen atoms in total. The fraction of sp³-hybridized carbons (Fsp3) is 0.0417. The number of phenols is 4. The molecule has 0 saturated heterocycles. The average Bonchev–Trinajstić information content (AvgIpc) is 3.25. The number of aryl methyl sites for hydroxylation is 2. The molecule has 0 unspecified atom stereocenters. The molecule has 0 aliphatic carbocycles. The van der Waals surface area contributed by atoms with Gasteiger partial charge in [0, 0.05) is 39.2 Å². The maximum atomic E-state index is 12.8. The van der Waals surface area contributed by atoms with Crippen molar-refractivity contribution in [2.24, 2.45) is 20.5 Å². The minimum atomic E-state index is -0.459. The number of para-hydroxylation sites is 2. The van der Waals surface area contributed by atoms with Gasteiger partial charge in [-0.2, -0.15) is 0 Å². The third kappa shape index (κ3) is 10.1. The number of rotatable bonds is 8. The van der Waals surface area contributed by atoms with Crippen molar-refractivity contribution in [3.05, 3.63) is 180 Å². The molecule has 0 aliphatic rings. The van der Waals surface area contributed by atoms with E-state index in [2.05, 4.69) is 31.1 Å². The third-order valence-electron chi connectivity index (χ3n) is 9.32. The van der Waals surface area contributed by atoms with Gasteiger partial charge >= 0.3 is 0 Å². The number of aromatic hydroxyl groups is 4. The van der Waals surface area contributed by atoms with Crippen LogP contribution in [-0.2, 0) is 17.1 Å². The first-order chi connectivity index (χ1) is 29.0. The predicted octanol–water partition coefficient (Wildman–Crippen LogP) is 12.5. The third-order valence-corrected chi connectivity index (χ3v) is 9.32. The van der Waals surface area contributed by atoms with Crippen molar-refractivity contribution in [3.63, 3.8) is 0 Å². The minimum Gasteiger partial charge on any atom is -0.506 e. The van der Waals surface area contributed by atoms with Crippen LogP contribution in [0.4, 0.5) is 34.1 Å². The Morgan fingerprint density at radius 3 is 1.20 bits per heavy atom. The Hall–Kier alpha value is -7.86. The minimum absolute atomic E-state index is 0. The van der Waals surface area contributed by atoms with Crippen molar-refractivity contribution in [1.29, 1.82) is 0 Å². The molecule has 6 N–H and O–H groups in total. The van der Waals surface area contributed by atoms with Crippen LogP contribution in [0, 0.1) is 13.8 Å². The first-order valence-corrected chi connectivity index (χ1v) is 18.7. The zero-order chi connectivity index (χ0) is 42.2. The smallest absolute Gasteiger partial charge is 0.259 e. The molecule has 0 atom stereocenters. The molecule has 8 rings (SSSR count). The van der Waals surface area contributed by atoms with Crippen molar-refractivity contribution in [1.82, 2.24) is 0 Å². The number of benzene rings is 8. The van der Waals surface area contributed by atoms with Gasteiger partial charge in [-0.25, -0.2) is 0 Å². The number of phenolic OH excluding ortho intramolecular Hbond substituents is 4. The maximum absolute atomic E-state index is 12.8. The van der Waals surface area contributed by atoms with E-state index in [0.29, 0.717) is 22.1 Å². The molecule has 0 aromatic heterocycles. The number of nitrogens with one attached hydrogen (secondary N) is 2. The fourth-order valence-corrected chi connectivity index (χ4v) is 6.26. The van der Waals surface area contributed by atoms with Gasteiger partial charge in [-0.05, 0) is 96.4 Å². The zero-order valence-electron chi connectivity index (χ0n) is 32.8.